The van der Waals surface area contributed by atoms with E-state index in [1.165, 1.54) is 0 Å². The van der Waals surface area contributed by atoms with E-state index < -0.39 is 5.41 Å². The summed E-state index contributed by atoms with van der Waals surface area (Å²) in [5.41, 5.74) is 5.88. The molecule has 1 aliphatic carbocycles. The Morgan fingerprint density at radius 2 is 1.98 bits per heavy atom. The summed E-state index contributed by atoms with van der Waals surface area (Å²) >= 11 is 2.30. The van der Waals surface area contributed by atoms with Crippen LogP contribution in [0.15, 0.2) is 67.5 Å². The van der Waals surface area contributed by atoms with Crippen LogP contribution in [0.2, 0.25) is 0 Å². The van der Waals surface area contributed by atoms with E-state index in [2.05, 4.69) is 63.7 Å². The van der Waals surface area contributed by atoms with Gasteiger partial charge in [-0.05, 0) is 90.2 Å². The lowest BCUT2D eigenvalue weighted by Crippen LogP contribution is -2.33. The second kappa shape index (κ2) is 10.9. The molecule has 1 aromatic carbocycles. The van der Waals surface area contributed by atoms with Gasteiger partial charge in [0.05, 0.1) is 23.6 Å². The highest BCUT2D eigenvalue weighted by atomic mass is 127. The first-order chi connectivity index (χ1) is 19.5. The molecule has 1 atom stereocenters. The van der Waals surface area contributed by atoms with Gasteiger partial charge in [-0.2, -0.15) is 5.26 Å². The first kappa shape index (κ1) is 26.2. The van der Waals surface area contributed by atoms with Crippen molar-refractivity contribution in [2.75, 3.05) is 10.6 Å². The molecule has 0 aliphatic heterocycles. The smallest absolute Gasteiger partial charge is 0.255 e. The molecule has 1 saturated carbocycles. The van der Waals surface area contributed by atoms with Crippen molar-refractivity contribution in [3.63, 3.8) is 0 Å². The molecular weight excluding hydrogens is 636 g/mol. The zero-order chi connectivity index (χ0) is 27.7. The summed E-state index contributed by atoms with van der Waals surface area (Å²) in [4.78, 5) is 35.6. The number of carbonyl (C=O) groups is 1. The molecule has 5 aromatic rings. The number of benzene rings is 1. The van der Waals surface area contributed by atoms with Crippen LogP contribution in [0.5, 0.6) is 0 Å². The third-order valence-corrected chi connectivity index (χ3v) is 9.24. The summed E-state index contributed by atoms with van der Waals surface area (Å²) < 4.78 is 1.99. The molecule has 0 saturated heterocycles. The molecule has 12 heteroatoms. The fourth-order valence-electron chi connectivity index (χ4n) is 4.74. The largest absolute Gasteiger partial charge is 0.339 e. The van der Waals surface area contributed by atoms with E-state index in [0.29, 0.717) is 40.3 Å². The standard InChI is InChI=1S/C28H23IN9OP/c1-17-5-6-19(36-27(39)18-7-11-31-22(12-18)28(14-30)8-3-9-28)13-21(17)37-25-20(4-2-10-32-25)23-24-26(34-15-33-23)38(40-29)16-35-24/h2,4-7,10-13,15-16,40H,3,8-9H2,1H3,(H,32,37)(H,36,39). The molecule has 4 heterocycles. The average molecular weight is 659 g/mol. The Morgan fingerprint density at radius 1 is 1.10 bits per heavy atom. The predicted octanol–water partition coefficient (Wildman–Crippen LogP) is 6.32. The third kappa shape index (κ3) is 4.78. The van der Waals surface area contributed by atoms with Crippen LogP contribution in [0.3, 0.4) is 0 Å². The summed E-state index contributed by atoms with van der Waals surface area (Å²) in [5, 5.41) is 16.1. The number of carbonyl (C=O) groups excluding carboxylic acids is 1. The van der Waals surface area contributed by atoms with Gasteiger partial charge in [0.2, 0.25) is 0 Å². The summed E-state index contributed by atoms with van der Waals surface area (Å²) in [6, 6.07) is 15.3. The monoisotopic (exact) mass is 659 g/mol. The van der Waals surface area contributed by atoms with Crippen LogP contribution < -0.4 is 10.6 Å². The third-order valence-electron chi connectivity index (χ3n) is 7.17. The predicted molar refractivity (Wildman–Crippen MR) is 164 cm³/mol. The van der Waals surface area contributed by atoms with E-state index in [0.717, 1.165) is 41.7 Å². The van der Waals surface area contributed by atoms with Crippen molar-refractivity contribution in [1.29, 1.82) is 5.26 Å². The maximum absolute atomic E-state index is 13.2. The number of aryl methyl sites for hydroxylation is 1. The average Bonchev–Trinajstić information content (AvgIpc) is 3.39. The molecule has 40 heavy (non-hydrogen) atoms. The molecule has 0 bridgehead atoms. The second-order valence-electron chi connectivity index (χ2n) is 9.58. The number of pyridine rings is 2. The van der Waals surface area contributed by atoms with Crippen LogP contribution in [-0.4, -0.2) is 35.2 Å². The lowest BCUT2D eigenvalue weighted by atomic mass is 9.67. The number of nitriles is 1. The van der Waals surface area contributed by atoms with Gasteiger partial charge < -0.3 is 10.6 Å². The number of fused-ring (bicyclic) bond motifs is 1. The molecule has 4 aromatic heterocycles. The zero-order valence-electron chi connectivity index (χ0n) is 21.4. The van der Waals surface area contributed by atoms with Crippen LogP contribution in [0.4, 0.5) is 17.2 Å². The van der Waals surface area contributed by atoms with E-state index >= 15 is 0 Å². The van der Waals surface area contributed by atoms with Gasteiger partial charge in [0, 0.05) is 34.9 Å². The van der Waals surface area contributed by atoms with Gasteiger partial charge in [0.25, 0.3) is 5.91 Å². The zero-order valence-corrected chi connectivity index (χ0v) is 24.5. The number of anilines is 3. The second-order valence-corrected chi connectivity index (χ2v) is 11.7. The van der Waals surface area contributed by atoms with Crippen molar-refractivity contribution in [3.05, 3.63) is 84.3 Å². The normalized spacial score (nSPS) is 14.1. The quantitative estimate of drug-likeness (QED) is 0.153. The fraction of sp³-hybridized carbons (Fsp3) is 0.179. The molecule has 0 spiro atoms. The Kier molecular flexibility index (Phi) is 7.12. The van der Waals surface area contributed by atoms with Gasteiger partial charge in [0.1, 0.15) is 29.7 Å². The fourth-order valence-corrected chi connectivity index (χ4v) is 6.15. The van der Waals surface area contributed by atoms with Gasteiger partial charge in [0.15, 0.2) is 5.65 Å². The minimum atomic E-state index is -0.582. The summed E-state index contributed by atoms with van der Waals surface area (Å²) in [5.74, 6) is 0.348. The molecule has 6 rings (SSSR count). The number of nitrogens with zero attached hydrogens (tertiary/aromatic N) is 7. The SMILES string of the molecule is Cc1ccc(NC(=O)c2ccnc(C3(C#N)CCC3)c2)cc1Nc1ncccc1-c1ncnc2c1ncn2PI. The van der Waals surface area contributed by atoms with Crippen LogP contribution in [-0.2, 0) is 5.41 Å². The maximum Gasteiger partial charge on any atom is 0.255 e. The minimum Gasteiger partial charge on any atom is -0.339 e. The summed E-state index contributed by atoms with van der Waals surface area (Å²) in [6.45, 7) is 1.98. The summed E-state index contributed by atoms with van der Waals surface area (Å²) in [7, 11) is 0. The molecule has 2 N–H and O–H groups in total. The first-order valence-corrected chi connectivity index (χ1v) is 16.6. The van der Waals surface area contributed by atoms with Gasteiger partial charge in [-0.15, -0.1) is 0 Å². The lowest BCUT2D eigenvalue weighted by Gasteiger charge is -2.34. The molecule has 1 amide bonds. The highest BCUT2D eigenvalue weighted by Gasteiger charge is 2.40. The van der Waals surface area contributed by atoms with Crippen molar-refractivity contribution < 1.29 is 4.79 Å². The van der Waals surface area contributed by atoms with E-state index in [-0.39, 0.29) is 5.91 Å². The molecule has 1 unspecified atom stereocenters. The number of aromatic nitrogens is 6. The van der Waals surface area contributed by atoms with E-state index in [1.54, 1.807) is 37.2 Å². The summed E-state index contributed by atoms with van der Waals surface area (Å²) in [6.07, 6.45) is 9.62. The molecule has 1 fully saturated rings. The lowest BCUT2D eigenvalue weighted by molar-refractivity contribution is 0.102. The van der Waals surface area contributed by atoms with Gasteiger partial charge >= 0.3 is 0 Å². The number of amides is 1. The Hall–Kier alpha value is -4.01. The highest BCUT2D eigenvalue weighted by molar-refractivity contribution is 14.2. The minimum absolute atomic E-state index is 0.265. The van der Waals surface area contributed by atoms with Crippen molar-refractivity contribution in [2.45, 2.75) is 31.6 Å². The van der Waals surface area contributed by atoms with Crippen LogP contribution in [0.1, 0.15) is 40.9 Å². The first-order valence-electron chi connectivity index (χ1n) is 12.6. The number of rotatable bonds is 7. The van der Waals surface area contributed by atoms with Crippen LogP contribution in [0.25, 0.3) is 22.4 Å². The molecule has 1 aliphatic rings. The molecule has 10 nitrogen and oxygen atoms in total. The van der Waals surface area contributed by atoms with Gasteiger partial charge in [-0.25, -0.2) is 19.9 Å². The maximum atomic E-state index is 13.2. The Labute approximate surface area is 245 Å². The highest BCUT2D eigenvalue weighted by Crippen LogP contribution is 2.42. The van der Waals surface area contributed by atoms with Gasteiger partial charge in [-0.3, -0.25) is 14.1 Å². The number of halogens is 1. The number of imidazole rings is 1. The van der Waals surface area contributed by atoms with Crippen molar-refractivity contribution in [1.82, 2.24) is 29.3 Å². The Morgan fingerprint density at radius 3 is 2.75 bits per heavy atom. The van der Waals surface area contributed by atoms with Crippen LogP contribution in [0, 0.1) is 18.3 Å². The van der Waals surface area contributed by atoms with Crippen LogP contribution >= 0.6 is 28.4 Å². The Balaban J connectivity index is 1.28. The van der Waals surface area contributed by atoms with Crippen molar-refractivity contribution in [3.8, 4) is 17.3 Å². The molecule has 0 radical (unpaired) electrons. The molecule has 198 valence electrons. The molecular formula is C28H23IN9OP. The van der Waals surface area contributed by atoms with E-state index in [1.807, 2.05) is 41.6 Å². The number of hydrogen-bond acceptors (Lipinski definition) is 8. The van der Waals surface area contributed by atoms with Crippen molar-refractivity contribution >= 4 is 62.7 Å². The Bertz CT molecular complexity index is 1790. The number of hydrogen-bond donors (Lipinski definition) is 2. The van der Waals surface area contributed by atoms with E-state index in [9.17, 15) is 10.1 Å². The topological polar surface area (TPSA) is 134 Å². The number of nitrogens with one attached hydrogen (secondary N) is 2. The van der Waals surface area contributed by atoms with E-state index in [4.69, 9.17) is 0 Å². The van der Waals surface area contributed by atoms with Crippen molar-refractivity contribution in [2.24, 2.45) is 0 Å². The van der Waals surface area contributed by atoms with Gasteiger partial charge in [-0.1, -0.05) is 6.07 Å².